The van der Waals surface area contributed by atoms with Gasteiger partial charge in [-0.2, -0.15) is 4.98 Å². The van der Waals surface area contributed by atoms with E-state index in [1.807, 2.05) is 50.2 Å². The van der Waals surface area contributed by atoms with E-state index in [2.05, 4.69) is 33.7 Å². The first-order valence-electron chi connectivity index (χ1n) is 13.0. The first kappa shape index (κ1) is 25.7. The topological polar surface area (TPSA) is 88.1 Å². The molecular formula is C29H35N7O2. The van der Waals surface area contributed by atoms with Gasteiger partial charge in [0.05, 0.1) is 18.8 Å². The number of carbonyl (C=O) groups is 1. The third-order valence-electron chi connectivity index (χ3n) is 7.26. The molecule has 0 bridgehead atoms. The quantitative estimate of drug-likeness (QED) is 0.458. The van der Waals surface area contributed by atoms with Crippen LogP contribution in [-0.4, -0.2) is 65.8 Å². The largest absolute Gasteiger partial charge is 0.392 e. The number of hydrogen-bond donors (Lipinski definition) is 2. The van der Waals surface area contributed by atoms with Gasteiger partial charge in [0.15, 0.2) is 0 Å². The molecular weight excluding hydrogens is 478 g/mol. The highest BCUT2D eigenvalue weighted by atomic mass is 16.3. The number of aliphatic hydroxyl groups is 1. The third-order valence-corrected chi connectivity index (χ3v) is 7.26. The predicted octanol–water partition coefficient (Wildman–Crippen LogP) is 4.21. The van der Waals surface area contributed by atoms with E-state index in [-0.39, 0.29) is 12.6 Å². The van der Waals surface area contributed by atoms with Gasteiger partial charge in [0.1, 0.15) is 5.82 Å². The smallest absolute Gasteiger partial charge is 0.330 e. The minimum Gasteiger partial charge on any atom is -0.392 e. The lowest BCUT2D eigenvalue weighted by molar-refractivity contribution is 0.250. The number of nitrogens with zero attached hydrogens (tertiary/aromatic N) is 6. The molecule has 198 valence electrons. The van der Waals surface area contributed by atoms with Crippen LogP contribution in [-0.2, 0) is 13.2 Å². The number of aromatic nitrogens is 2. The van der Waals surface area contributed by atoms with E-state index < -0.39 is 0 Å². The average molecular weight is 514 g/mol. The number of rotatable bonds is 7. The number of piperazine rings is 1. The van der Waals surface area contributed by atoms with Gasteiger partial charge >= 0.3 is 6.03 Å². The summed E-state index contributed by atoms with van der Waals surface area (Å²) in [5, 5.41) is 13.3. The summed E-state index contributed by atoms with van der Waals surface area (Å²) in [5.41, 5.74) is 6.54. The zero-order valence-electron chi connectivity index (χ0n) is 22.3. The molecule has 2 amide bonds. The van der Waals surface area contributed by atoms with Crippen molar-refractivity contribution in [2.45, 2.75) is 27.0 Å². The van der Waals surface area contributed by atoms with Gasteiger partial charge in [0.25, 0.3) is 0 Å². The number of urea groups is 1. The molecule has 3 heterocycles. The van der Waals surface area contributed by atoms with Gasteiger partial charge in [-0.1, -0.05) is 24.3 Å². The van der Waals surface area contributed by atoms with Crippen molar-refractivity contribution in [1.29, 1.82) is 0 Å². The molecule has 9 heteroatoms. The fourth-order valence-electron chi connectivity index (χ4n) is 5.25. The number of aryl methyl sites for hydroxylation is 2. The lowest BCUT2D eigenvalue weighted by Crippen LogP contribution is -2.48. The van der Waals surface area contributed by atoms with Gasteiger partial charge < -0.3 is 20.2 Å². The molecule has 1 saturated heterocycles. The third kappa shape index (κ3) is 4.94. The van der Waals surface area contributed by atoms with Crippen molar-refractivity contribution >= 4 is 34.9 Å². The first-order chi connectivity index (χ1) is 18.4. The van der Waals surface area contributed by atoms with E-state index in [0.717, 1.165) is 65.5 Å². The van der Waals surface area contributed by atoms with Crippen LogP contribution in [0.4, 0.5) is 33.6 Å². The van der Waals surface area contributed by atoms with Crippen LogP contribution in [0.5, 0.6) is 0 Å². The number of benzene rings is 2. The van der Waals surface area contributed by atoms with Crippen molar-refractivity contribution in [2.75, 3.05) is 59.8 Å². The molecule has 0 radical (unpaired) electrons. The zero-order valence-corrected chi connectivity index (χ0v) is 22.3. The fraction of sp³-hybridized carbons (Fsp3) is 0.345. The predicted molar refractivity (Wildman–Crippen MR) is 152 cm³/mol. The highest BCUT2D eigenvalue weighted by Crippen LogP contribution is 2.35. The second-order valence-corrected chi connectivity index (χ2v) is 9.97. The van der Waals surface area contributed by atoms with Crippen LogP contribution in [0, 0.1) is 13.8 Å². The van der Waals surface area contributed by atoms with Gasteiger partial charge in [0.2, 0.25) is 5.95 Å². The number of fused-ring (bicyclic) bond motifs is 1. The Hall–Kier alpha value is -3.95. The summed E-state index contributed by atoms with van der Waals surface area (Å²) in [6, 6.07) is 11.8. The highest BCUT2D eigenvalue weighted by Gasteiger charge is 2.33. The molecule has 2 aliphatic rings. The number of nitrogens with one attached hydrogen (secondary N) is 1. The lowest BCUT2D eigenvalue weighted by atomic mass is 10.1. The molecule has 2 N–H and O–H groups in total. The second kappa shape index (κ2) is 10.8. The van der Waals surface area contributed by atoms with E-state index >= 15 is 0 Å². The van der Waals surface area contributed by atoms with Crippen molar-refractivity contribution in [1.82, 2.24) is 14.9 Å². The van der Waals surface area contributed by atoms with Crippen molar-refractivity contribution in [3.63, 3.8) is 0 Å². The molecule has 5 rings (SSSR count). The minimum absolute atomic E-state index is 0.0575. The maximum atomic E-state index is 13.6. The monoisotopic (exact) mass is 513 g/mol. The SMILES string of the molecule is C=CCN1C(=O)N(c2c(C)cccc2C)Cc2cnc(Nc3ccc(N4CCN(C)CC4)c(CO)c3)nc21. The van der Waals surface area contributed by atoms with Gasteiger partial charge in [0, 0.05) is 61.4 Å². The van der Waals surface area contributed by atoms with Crippen LogP contribution in [0.2, 0.25) is 0 Å². The molecule has 38 heavy (non-hydrogen) atoms. The summed E-state index contributed by atoms with van der Waals surface area (Å²) >= 11 is 0. The van der Waals surface area contributed by atoms with Gasteiger partial charge in [-0.05, 0) is 50.2 Å². The maximum Gasteiger partial charge on any atom is 0.330 e. The van der Waals surface area contributed by atoms with Crippen molar-refractivity contribution in [3.8, 4) is 0 Å². The van der Waals surface area contributed by atoms with Gasteiger partial charge in [-0.3, -0.25) is 9.80 Å². The molecule has 1 aromatic heterocycles. The number of amides is 2. The summed E-state index contributed by atoms with van der Waals surface area (Å²) < 4.78 is 0. The van der Waals surface area contributed by atoms with Crippen molar-refractivity contribution in [3.05, 3.63) is 77.5 Å². The molecule has 2 aromatic carbocycles. The second-order valence-electron chi connectivity index (χ2n) is 9.97. The summed E-state index contributed by atoms with van der Waals surface area (Å²) in [7, 11) is 2.13. The molecule has 0 atom stereocenters. The number of hydrogen-bond acceptors (Lipinski definition) is 7. The molecule has 2 aliphatic heterocycles. The fourth-order valence-corrected chi connectivity index (χ4v) is 5.25. The first-order valence-corrected chi connectivity index (χ1v) is 13.0. The molecule has 3 aromatic rings. The number of anilines is 5. The Bertz CT molecular complexity index is 1330. The van der Waals surface area contributed by atoms with Crippen LogP contribution in [0.15, 0.2) is 55.3 Å². The van der Waals surface area contributed by atoms with Crippen LogP contribution < -0.4 is 20.0 Å². The zero-order chi connectivity index (χ0) is 26.8. The Kier molecular flexibility index (Phi) is 7.31. The van der Waals surface area contributed by atoms with Crippen LogP contribution in [0.25, 0.3) is 0 Å². The summed E-state index contributed by atoms with van der Waals surface area (Å²) in [5.74, 6) is 0.966. The Morgan fingerprint density at radius 1 is 1.11 bits per heavy atom. The van der Waals surface area contributed by atoms with Crippen LogP contribution in [0.1, 0.15) is 22.3 Å². The van der Waals surface area contributed by atoms with Crippen molar-refractivity contribution in [2.24, 2.45) is 0 Å². The molecule has 0 saturated carbocycles. The minimum atomic E-state index is -0.140. The Balaban J connectivity index is 1.42. The number of carbonyl (C=O) groups excluding carboxylic acids is 1. The van der Waals surface area contributed by atoms with E-state index in [1.54, 1.807) is 22.1 Å². The van der Waals surface area contributed by atoms with E-state index in [1.165, 1.54) is 0 Å². The lowest BCUT2D eigenvalue weighted by Gasteiger charge is -2.37. The summed E-state index contributed by atoms with van der Waals surface area (Å²) in [6.45, 7) is 12.4. The van der Waals surface area contributed by atoms with Gasteiger partial charge in [-0.15, -0.1) is 6.58 Å². The average Bonchev–Trinajstić information content (AvgIpc) is 2.91. The number of likely N-dealkylation sites (N-methyl/N-ethyl adjacent to an activating group) is 1. The van der Waals surface area contributed by atoms with Gasteiger partial charge in [-0.25, -0.2) is 9.78 Å². The molecule has 0 unspecified atom stereocenters. The Labute approximate surface area is 224 Å². The van der Waals surface area contributed by atoms with E-state index in [9.17, 15) is 9.90 Å². The molecule has 0 spiro atoms. The van der Waals surface area contributed by atoms with E-state index in [4.69, 9.17) is 4.98 Å². The highest BCUT2D eigenvalue weighted by molar-refractivity contribution is 6.06. The summed E-state index contributed by atoms with van der Waals surface area (Å²) in [4.78, 5) is 31.0. The maximum absolute atomic E-state index is 13.6. The normalized spacial score (nSPS) is 16.0. The van der Waals surface area contributed by atoms with E-state index in [0.29, 0.717) is 24.9 Å². The molecule has 0 aliphatic carbocycles. The number of para-hydroxylation sites is 1. The van der Waals surface area contributed by atoms with Crippen LogP contribution in [0.3, 0.4) is 0 Å². The Morgan fingerprint density at radius 3 is 2.53 bits per heavy atom. The molecule has 9 nitrogen and oxygen atoms in total. The number of aliphatic hydroxyl groups excluding tert-OH is 1. The molecule has 1 fully saturated rings. The van der Waals surface area contributed by atoms with Crippen LogP contribution >= 0.6 is 0 Å². The van der Waals surface area contributed by atoms with Crippen molar-refractivity contribution < 1.29 is 9.90 Å². The summed E-state index contributed by atoms with van der Waals surface area (Å²) in [6.07, 6.45) is 3.48. The standard InChI is InChI=1S/C29H35N7O2/c1-5-11-35-27-23(18-36(29(35)38)26-20(2)7-6-8-21(26)3)17-30-28(32-27)31-24-9-10-25(22(16-24)19-37)34-14-12-33(4)13-15-34/h5-10,16-17,37H,1,11-15,18-19H2,2-4H3,(H,30,31,32). The Morgan fingerprint density at radius 2 is 1.84 bits per heavy atom.